The first-order valence-corrected chi connectivity index (χ1v) is 9.85. The molecule has 138 valence electrons. The zero-order chi connectivity index (χ0) is 18.9. The van der Waals surface area contributed by atoms with Gasteiger partial charge in [0.2, 0.25) is 0 Å². The summed E-state index contributed by atoms with van der Waals surface area (Å²) in [6.07, 6.45) is 0. The van der Waals surface area contributed by atoms with Gasteiger partial charge in [-0.15, -0.1) is 0 Å². The quantitative estimate of drug-likeness (QED) is 0.723. The third-order valence-corrected chi connectivity index (χ3v) is 6.49. The van der Waals surface area contributed by atoms with Crippen molar-refractivity contribution in [3.63, 3.8) is 0 Å². The van der Waals surface area contributed by atoms with E-state index in [0.717, 1.165) is 5.56 Å². The lowest BCUT2D eigenvalue weighted by atomic mass is 9.63. The van der Waals surface area contributed by atoms with Crippen molar-refractivity contribution in [2.75, 3.05) is 0 Å². The number of quaternary nitrogens is 1. The summed E-state index contributed by atoms with van der Waals surface area (Å²) in [5, 5.41) is 14.6. The molecule has 0 bridgehead atoms. The highest BCUT2D eigenvalue weighted by Gasteiger charge is 2.54. The molecule has 3 N–H and O–H groups in total. The molecule has 3 aromatic carbocycles. The highest BCUT2D eigenvalue weighted by Crippen LogP contribution is 2.48. The Morgan fingerprint density at radius 1 is 0.630 bits per heavy atom. The fourth-order valence-corrected chi connectivity index (χ4v) is 4.90. The van der Waals surface area contributed by atoms with Gasteiger partial charge in [0, 0.05) is 23.0 Å². The fraction of sp³-hybridized carbons (Fsp3) is 0.280. The maximum Gasteiger partial charge on any atom is 0.118 e. The zero-order valence-electron chi connectivity index (χ0n) is 16.0. The second-order valence-electron chi connectivity index (χ2n) is 7.83. The molecule has 0 spiro atoms. The van der Waals surface area contributed by atoms with Crippen LogP contribution in [-0.4, -0.2) is 5.11 Å². The Morgan fingerprint density at radius 2 is 1.00 bits per heavy atom. The van der Waals surface area contributed by atoms with Crippen molar-refractivity contribution in [3.05, 3.63) is 108 Å². The molecule has 0 aliphatic carbocycles. The van der Waals surface area contributed by atoms with Crippen LogP contribution in [0.3, 0.4) is 0 Å². The Bertz CT molecular complexity index is 811. The Labute approximate surface area is 161 Å². The van der Waals surface area contributed by atoms with Crippen LogP contribution >= 0.6 is 0 Å². The number of hydrogen-bond donors (Lipinski definition) is 2. The van der Waals surface area contributed by atoms with Crippen LogP contribution in [0.15, 0.2) is 91.0 Å². The van der Waals surface area contributed by atoms with Gasteiger partial charge in [0.1, 0.15) is 17.7 Å². The van der Waals surface area contributed by atoms with Gasteiger partial charge < -0.3 is 10.4 Å². The number of aliphatic hydroxyl groups is 1. The van der Waals surface area contributed by atoms with Crippen molar-refractivity contribution in [2.45, 2.75) is 31.5 Å². The average Bonchev–Trinajstić information content (AvgIpc) is 2.74. The van der Waals surface area contributed by atoms with E-state index in [1.54, 1.807) is 0 Å². The zero-order valence-corrected chi connectivity index (χ0v) is 16.0. The first-order chi connectivity index (χ1) is 13.1. The summed E-state index contributed by atoms with van der Waals surface area (Å²) < 4.78 is 0. The van der Waals surface area contributed by atoms with E-state index in [2.05, 4.69) is 92.0 Å². The van der Waals surface area contributed by atoms with E-state index in [4.69, 9.17) is 0 Å². The molecule has 5 atom stereocenters. The van der Waals surface area contributed by atoms with E-state index in [-0.39, 0.29) is 23.9 Å². The van der Waals surface area contributed by atoms with Gasteiger partial charge in [-0.2, -0.15) is 0 Å². The van der Waals surface area contributed by atoms with E-state index < -0.39 is 5.60 Å². The maximum absolute atomic E-state index is 12.1. The molecule has 0 saturated carbocycles. The lowest BCUT2D eigenvalue weighted by Gasteiger charge is -2.49. The van der Waals surface area contributed by atoms with Gasteiger partial charge in [0.15, 0.2) is 0 Å². The van der Waals surface area contributed by atoms with Crippen molar-refractivity contribution < 1.29 is 10.4 Å². The van der Waals surface area contributed by atoms with E-state index in [0.29, 0.717) is 0 Å². The SMILES string of the molecule is C[C@@H]1[C@@H](c2ccccc2)[NH2+][C@H](c2ccccc2)[C@H](C)C1(O)c1ccccc1. The van der Waals surface area contributed by atoms with Crippen LogP contribution in [-0.2, 0) is 5.60 Å². The molecule has 1 aliphatic heterocycles. The van der Waals surface area contributed by atoms with Crippen molar-refractivity contribution in [3.8, 4) is 0 Å². The summed E-state index contributed by atoms with van der Waals surface area (Å²) in [6.45, 7) is 4.39. The van der Waals surface area contributed by atoms with Crippen LogP contribution in [0.5, 0.6) is 0 Å². The fourth-order valence-electron chi connectivity index (χ4n) is 4.90. The van der Waals surface area contributed by atoms with Crippen LogP contribution in [0, 0.1) is 11.8 Å². The molecule has 4 rings (SSSR count). The molecule has 1 saturated heterocycles. The summed E-state index contributed by atoms with van der Waals surface area (Å²) >= 11 is 0. The van der Waals surface area contributed by atoms with E-state index in [9.17, 15) is 5.11 Å². The second kappa shape index (κ2) is 7.30. The molecule has 0 aromatic heterocycles. The first-order valence-electron chi connectivity index (χ1n) is 9.85. The number of nitrogens with two attached hydrogens (primary N) is 1. The van der Waals surface area contributed by atoms with Gasteiger partial charge >= 0.3 is 0 Å². The van der Waals surface area contributed by atoms with E-state index >= 15 is 0 Å². The summed E-state index contributed by atoms with van der Waals surface area (Å²) in [5.41, 5.74) is 2.66. The average molecular weight is 359 g/mol. The molecule has 3 aromatic rings. The first kappa shape index (κ1) is 18.0. The van der Waals surface area contributed by atoms with Crippen LogP contribution in [0.1, 0.15) is 42.6 Å². The Morgan fingerprint density at radius 3 is 1.41 bits per heavy atom. The van der Waals surface area contributed by atoms with Crippen molar-refractivity contribution in [1.82, 2.24) is 0 Å². The Kier molecular flexibility index (Phi) is 4.86. The molecule has 1 unspecified atom stereocenters. The van der Waals surface area contributed by atoms with Gasteiger partial charge in [-0.05, 0) is 5.56 Å². The van der Waals surface area contributed by atoms with Gasteiger partial charge in [0.25, 0.3) is 0 Å². The molecule has 0 radical (unpaired) electrons. The minimum absolute atomic E-state index is 0.0808. The normalized spacial score (nSPS) is 30.8. The monoisotopic (exact) mass is 358 g/mol. The number of benzene rings is 3. The Balaban J connectivity index is 1.84. The van der Waals surface area contributed by atoms with Crippen LogP contribution in [0.25, 0.3) is 0 Å². The van der Waals surface area contributed by atoms with Crippen LogP contribution in [0.2, 0.25) is 0 Å². The molecule has 1 aliphatic rings. The minimum atomic E-state index is -0.892. The number of rotatable bonds is 3. The van der Waals surface area contributed by atoms with Gasteiger partial charge in [-0.1, -0.05) is 105 Å². The predicted octanol–water partition coefficient (Wildman–Crippen LogP) is 4.21. The molecule has 2 heteroatoms. The third kappa shape index (κ3) is 3.09. The predicted molar refractivity (Wildman–Crippen MR) is 109 cm³/mol. The minimum Gasteiger partial charge on any atom is -0.384 e. The molecular formula is C25H28NO+. The summed E-state index contributed by atoms with van der Waals surface area (Å²) in [4.78, 5) is 0. The Hall–Kier alpha value is -2.42. The van der Waals surface area contributed by atoms with Crippen LogP contribution < -0.4 is 5.32 Å². The lowest BCUT2D eigenvalue weighted by molar-refractivity contribution is -0.765. The number of piperidine rings is 1. The van der Waals surface area contributed by atoms with Crippen molar-refractivity contribution >= 4 is 0 Å². The molecule has 1 fully saturated rings. The van der Waals surface area contributed by atoms with Crippen molar-refractivity contribution in [2.24, 2.45) is 11.8 Å². The van der Waals surface area contributed by atoms with Gasteiger partial charge in [-0.25, -0.2) is 0 Å². The molecule has 27 heavy (non-hydrogen) atoms. The molecule has 2 nitrogen and oxygen atoms in total. The standard InChI is InChI=1S/C25H27NO/c1-18-23(20-12-6-3-7-13-20)26-24(21-14-8-4-9-15-21)19(2)25(18,27)22-16-10-5-11-17-22/h3-19,23-24,26-27H,1-2H3/p+1/t18-,19+,23-,24-,25?/m0/s1. The van der Waals surface area contributed by atoms with Crippen LogP contribution in [0.4, 0.5) is 0 Å². The van der Waals surface area contributed by atoms with E-state index in [1.165, 1.54) is 11.1 Å². The summed E-state index contributed by atoms with van der Waals surface area (Å²) in [6, 6.07) is 31.8. The molecule has 1 heterocycles. The third-order valence-electron chi connectivity index (χ3n) is 6.49. The lowest BCUT2D eigenvalue weighted by Crippen LogP contribution is -2.93. The maximum atomic E-state index is 12.1. The van der Waals surface area contributed by atoms with Gasteiger partial charge in [-0.3, -0.25) is 0 Å². The summed E-state index contributed by atoms with van der Waals surface area (Å²) in [7, 11) is 0. The smallest absolute Gasteiger partial charge is 0.118 e. The largest absolute Gasteiger partial charge is 0.384 e. The second-order valence-corrected chi connectivity index (χ2v) is 7.83. The van der Waals surface area contributed by atoms with Gasteiger partial charge in [0.05, 0.1) is 0 Å². The number of hydrogen-bond acceptors (Lipinski definition) is 1. The van der Waals surface area contributed by atoms with Crippen molar-refractivity contribution in [1.29, 1.82) is 0 Å². The highest BCUT2D eigenvalue weighted by atomic mass is 16.3. The highest BCUT2D eigenvalue weighted by molar-refractivity contribution is 5.30. The molecule has 0 amide bonds. The summed E-state index contributed by atoms with van der Waals surface area (Å²) in [5.74, 6) is 0.162. The molecular weight excluding hydrogens is 330 g/mol. The van der Waals surface area contributed by atoms with E-state index in [1.807, 2.05) is 18.2 Å². The topological polar surface area (TPSA) is 36.8 Å².